The standard InChI is InChI=1S/C40H45N4O/c1-25(2)29-16-14-17-30(26(3)4)38(29)44-33-19-12-11-18-32(33)41(9)39(44)42-23-24-43(28(42)6)40(7,8)37-27(5)21-22-35-36(37)31-15-10-13-20-34(31)45-35/h10-26,28H,1-9H3/q+1/t28-/m1/s1. The van der Waals surface area contributed by atoms with E-state index in [0.29, 0.717) is 11.8 Å². The first-order chi connectivity index (χ1) is 21.5. The van der Waals surface area contributed by atoms with E-state index in [0.717, 1.165) is 17.1 Å². The highest BCUT2D eigenvalue weighted by Gasteiger charge is 2.44. The molecule has 0 aliphatic carbocycles. The molecule has 0 N–H and O–H groups in total. The van der Waals surface area contributed by atoms with Crippen molar-refractivity contribution >= 4 is 38.9 Å². The van der Waals surface area contributed by atoms with Crippen LogP contribution in [0.15, 0.2) is 95.7 Å². The Hall–Kier alpha value is -4.51. The maximum atomic E-state index is 6.34. The first-order valence-electron chi connectivity index (χ1n) is 16.3. The van der Waals surface area contributed by atoms with Gasteiger partial charge in [0, 0.05) is 17.0 Å². The Bertz CT molecular complexity index is 2080. The molecule has 0 bridgehead atoms. The first-order valence-corrected chi connectivity index (χ1v) is 16.3. The number of furan rings is 1. The molecule has 0 saturated carbocycles. The zero-order valence-electron chi connectivity index (χ0n) is 28.1. The smallest absolute Gasteiger partial charge is 0.371 e. The number of benzene rings is 4. The van der Waals surface area contributed by atoms with Gasteiger partial charge in [-0.3, -0.25) is 0 Å². The van der Waals surface area contributed by atoms with Gasteiger partial charge in [-0.15, -0.1) is 0 Å². The van der Waals surface area contributed by atoms with Crippen molar-refractivity contribution in [3.8, 4) is 5.69 Å². The van der Waals surface area contributed by atoms with Gasteiger partial charge >= 0.3 is 5.95 Å². The number of fused-ring (bicyclic) bond motifs is 4. The van der Waals surface area contributed by atoms with Gasteiger partial charge in [0.15, 0.2) is 6.17 Å². The summed E-state index contributed by atoms with van der Waals surface area (Å²) >= 11 is 0. The van der Waals surface area contributed by atoms with Crippen LogP contribution >= 0.6 is 0 Å². The van der Waals surface area contributed by atoms with E-state index < -0.39 is 0 Å². The van der Waals surface area contributed by atoms with Crippen LogP contribution in [0, 0.1) is 6.92 Å². The Morgan fingerprint density at radius 2 is 1.44 bits per heavy atom. The van der Waals surface area contributed by atoms with Gasteiger partial charge in [-0.2, -0.15) is 4.57 Å². The monoisotopic (exact) mass is 597 g/mol. The molecule has 7 rings (SSSR count). The van der Waals surface area contributed by atoms with E-state index in [1.54, 1.807) is 0 Å². The van der Waals surface area contributed by atoms with E-state index in [9.17, 15) is 0 Å². The van der Waals surface area contributed by atoms with Crippen LogP contribution < -0.4 is 9.47 Å². The van der Waals surface area contributed by atoms with Gasteiger partial charge in [-0.25, -0.2) is 9.47 Å². The van der Waals surface area contributed by atoms with Crippen LogP contribution in [0.3, 0.4) is 0 Å². The quantitative estimate of drug-likeness (QED) is 0.179. The summed E-state index contributed by atoms with van der Waals surface area (Å²) in [7, 11) is 2.21. The fourth-order valence-electron chi connectivity index (χ4n) is 7.83. The van der Waals surface area contributed by atoms with E-state index in [1.807, 2.05) is 6.07 Å². The van der Waals surface area contributed by atoms with Crippen molar-refractivity contribution in [3.63, 3.8) is 0 Å². The van der Waals surface area contributed by atoms with Crippen molar-refractivity contribution in [2.75, 3.05) is 4.90 Å². The van der Waals surface area contributed by atoms with E-state index in [1.165, 1.54) is 49.7 Å². The number of aryl methyl sites for hydroxylation is 2. The Labute approximate surface area is 267 Å². The van der Waals surface area contributed by atoms with Crippen LogP contribution in [-0.2, 0) is 12.6 Å². The second kappa shape index (κ2) is 10.5. The average Bonchev–Trinajstić information content (AvgIpc) is 3.67. The van der Waals surface area contributed by atoms with Crippen LogP contribution in [-0.4, -0.2) is 15.6 Å². The molecule has 0 fully saturated rings. The number of rotatable bonds is 6. The summed E-state index contributed by atoms with van der Waals surface area (Å²) in [5, 5.41) is 2.38. The third-order valence-corrected chi connectivity index (χ3v) is 9.98. The predicted octanol–water partition coefficient (Wildman–Crippen LogP) is 9.78. The number of hydrogen-bond acceptors (Lipinski definition) is 3. The third kappa shape index (κ3) is 4.31. The molecule has 5 nitrogen and oxygen atoms in total. The van der Waals surface area contributed by atoms with Gasteiger partial charge in [0.05, 0.1) is 18.8 Å². The topological polar surface area (TPSA) is 28.4 Å². The highest BCUT2D eigenvalue weighted by molar-refractivity contribution is 6.07. The average molecular weight is 598 g/mol. The van der Waals surface area contributed by atoms with Crippen molar-refractivity contribution in [1.82, 2.24) is 9.47 Å². The summed E-state index contributed by atoms with van der Waals surface area (Å²) in [5.74, 6) is 1.92. The SMILES string of the molecule is Cc1ccc2oc3ccccc3c2c1C(C)(C)N1C=CN(c2n(-c3c(C(C)C)cccc3C(C)C)c3ccccc3[n+]2C)[C@H]1C. The largest absolute Gasteiger partial charge is 0.456 e. The molecule has 3 heterocycles. The van der Waals surface area contributed by atoms with Gasteiger partial charge in [0.25, 0.3) is 0 Å². The minimum atomic E-state index is -0.324. The van der Waals surface area contributed by atoms with Gasteiger partial charge in [0.1, 0.15) is 27.9 Å². The molecule has 0 spiro atoms. The molecule has 0 unspecified atom stereocenters. The van der Waals surface area contributed by atoms with Crippen molar-refractivity contribution in [2.24, 2.45) is 7.05 Å². The second-order valence-electron chi connectivity index (χ2n) is 13.8. The molecule has 0 radical (unpaired) electrons. The summed E-state index contributed by atoms with van der Waals surface area (Å²) in [4.78, 5) is 4.96. The summed E-state index contributed by atoms with van der Waals surface area (Å²) < 4.78 is 11.2. The Morgan fingerprint density at radius 1 is 0.778 bits per heavy atom. The van der Waals surface area contributed by atoms with Crippen molar-refractivity contribution in [2.45, 2.75) is 78.9 Å². The molecule has 1 atom stereocenters. The maximum absolute atomic E-state index is 6.34. The molecule has 1 aliphatic heterocycles. The normalized spacial score (nSPS) is 15.7. The minimum absolute atomic E-state index is 0.0517. The zero-order chi connectivity index (χ0) is 31.8. The summed E-state index contributed by atoms with van der Waals surface area (Å²) in [6.07, 6.45) is 4.61. The maximum Gasteiger partial charge on any atom is 0.371 e. The van der Waals surface area contributed by atoms with Gasteiger partial charge < -0.3 is 9.32 Å². The molecule has 5 heteroatoms. The van der Waals surface area contributed by atoms with Crippen molar-refractivity contribution in [1.29, 1.82) is 0 Å². The lowest BCUT2D eigenvalue weighted by atomic mass is 9.85. The molecule has 0 saturated heterocycles. The Morgan fingerprint density at radius 3 is 2.16 bits per heavy atom. The number of imidazole rings is 1. The number of anilines is 1. The van der Waals surface area contributed by atoms with E-state index >= 15 is 0 Å². The van der Waals surface area contributed by atoms with Crippen molar-refractivity contribution < 1.29 is 8.98 Å². The van der Waals surface area contributed by atoms with Crippen LogP contribution in [0.1, 0.15) is 82.6 Å². The highest BCUT2D eigenvalue weighted by Crippen LogP contribution is 2.44. The molecule has 1 aliphatic rings. The number of hydrogen-bond donors (Lipinski definition) is 0. The molecule has 6 aromatic rings. The molecule has 2 aromatic heterocycles. The molecule has 45 heavy (non-hydrogen) atoms. The summed E-state index contributed by atoms with van der Waals surface area (Å²) in [6, 6.07) is 28.4. The minimum Gasteiger partial charge on any atom is -0.456 e. The number of aromatic nitrogens is 2. The summed E-state index contributed by atoms with van der Waals surface area (Å²) in [5.41, 5.74) is 10.6. The van der Waals surface area contributed by atoms with E-state index in [-0.39, 0.29) is 11.7 Å². The Balaban J connectivity index is 1.42. The summed E-state index contributed by atoms with van der Waals surface area (Å²) in [6.45, 7) is 18.5. The van der Waals surface area contributed by atoms with Crippen LogP contribution in [0.4, 0.5) is 5.95 Å². The van der Waals surface area contributed by atoms with Gasteiger partial charge in [0.2, 0.25) is 0 Å². The van der Waals surface area contributed by atoms with Gasteiger partial charge in [-0.1, -0.05) is 82.3 Å². The van der Waals surface area contributed by atoms with Gasteiger partial charge in [-0.05, 0) is 86.1 Å². The second-order valence-corrected chi connectivity index (χ2v) is 13.8. The number of para-hydroxylation sites is 4. The zero-order valence-corrected chi connectivity index (χ0v) is 28.1. The molecule has 4 aromatic carbocycles. The van der Waals surface area contributed by atoms with Crippen LogP contribution in [0.2, 0.25) is 0 Å². The predicted molar refractivity (Wildman–Crippen MR) is 187 cm³/mol. The lowest BCUT2D eigenvalue weighted by molar-refractivity contribution is -0.632. The lowest BCUT2D eigenvalue weighted by Crippen LogP contribution is -2.49. The Kier molecular flexibility index (Phi) is 6.85. The lowest BCUT2D eigenvalue weighted by Gasteiger charge is -2.41. The van der Waals surface area contributed by atoms with Crippen molar-refractivity contribution in [3.05, 3.63) is 114 Å². The van der Waals surface area contributed by atoms with Crippen LogP contribution in [0.25, 0.3) is 38.7 Å². The fraction of sp³-hybridized carbons (Fsp3) is 0.325. The molecule has 230 valence electrons. The molecular formula is C40H45N4O+. The first kappa shape index (κ1) is 29.2. The number of nitrogens with zero attached hydrogens (tertiary/aromatic N) is 4. The van der Waals surface area contributed by atoms with E-state index in [4.69, 9.17) is 4.42 Å². The van der Waals surface area contributed by atoms with E-state index in [2.05, 4.69) is 167 Å². The highest BCUT2D eigenvalue weighted by atomic mass is 16.3. The molecular weight excluding hydrogens is 552 g/mol. The molecule has 0 amide bonds. The fourth-order valence-corrected chi connectivity index (χ4v) is 7.83. The van der Waals surface area contributed by atoms with Crippen LogP contribution in [0.5, 0.6) is 0 Å². The third-order valence-electron chi connectivity index (χ3n) is 9.98.